The van der Waals surface area contributed by atoms with Crippen molar-refractivity contribution in [1.82, 2.24) is 19.8 Å². The van der Waals surface area contributed by atoms with E-state index in [0.29, 0.717) is 13.2 Å². The van der Waals surface area contributed by atoms with E-state index >= 15 is 0 Å². The zero-order valence-corrected chi connectivity index (χ0v) is 17.9. The minimum atomic E-state index is -0.484. The number of aliphatic hydroxyl groups is 1. The number of ether oxygens (including phenoxy) is 1. The van der Waals surface area contributed by atoms with Crippen LogP contribution in [0.3, 0.4) is 0 Å². The number of β-amino-alcohol motifs (C(OH)–C–C–N with tert-alkyl or cyclic N) is 1. The number of rotatable bonds is 8. The van der Waals surface area contributed by atoms with Crippen molar-refractivity contribution in [3.8, 4) is 5.75 Å². The smallest absolute Gasteiger partial charge is 0.225 e. The van der Waals surface area contributed by atoms with Gasteiger partial charge < -0.3 is 14.7 Å². The number of aryl methyl sites for hydroxylation is 1. The molecular weight excluding hydrogens is 378 g/mol. The van der Waals surface area contributed by atoms with Crippen molar-refractivity contribution in [2.24, 2.45) is 0 Å². The number of hydrogen-bond donors (Lipinski definition) is 1. The van der Waals surface area contributed by atoms with Crippen LogP contribution in [0.15, 0.2) is 36.5 Å². The monoisotopic (exact) mass is 411 g/mol. The summed E-state index contributed by atoms with van der Waals surface area (Å²) in [6.45, 7) is 9.86. The molecule has 0 amide bonds. The number of aliphatic hydroxyl groups excluding tert-OH is 1. The van der Waals surface area contributed by atoms with Gasteiger partial charge in [-0.2, -0.15) is 0 Å². The lowest BCUT2D eigenvalue weighted by atomic mass is 10.2. The van der Waals surface area contributed by atoms with Gasteiger partial charge in [-0.05, 0) is 43.5 Å². The molecule has 2 aromatic rings. The van der Waals surface area contributed by atoms with Crippen LogP contribution < -0.4 is 9.64 Å². The molecule has 1 aromatic heterocycles. The second-order valence-corrected chi connectivity index (χ2v) is 8.40. The highest BCUT2D eigenvalue weighted by molar-refractivity contribution is 5.31. The maximum atomic E-state index is 10.4. The van der Waals surface area contributed by atoms with Gasteiger partial charge in [-0.3, -0.25) is 9.80 Å². The number of aromatic nitrogens is 2. The number of anilines is 1. The van der Waals surface area contributed by atoms with Gasteiger partial charge in [0.05, 0.1) is 5.69 Å². The standard InChI is InChI=1S/C23H33N5O2/c1-19-5-4-6-22(15-19)30-18-21(29)17-27-13-11-26(12-14-27)16-20-7-8-24-23(25-20)28-9-2-3-10-28/h4-8,15,21,29H,2-3,9-14,16-18H2,1H3/t21-/m0/s1. The highest BCUT2D eigenvalue weighted by Crippen LogP contribution is 2.16. The first kappa shape index (κ1) is 21.0. The van der Waals surface area contributed by atoms with Crippen molar-refractivity contribution in [3.63, 3.8) is 0 Å². The Morgan fingerprint density at radius 1 is 1.03 bits per heavy atom. The van der Waals surface area contributed by atoms with Crippen molar-refractivity contribution in [2.75, 3.05) is 57.3 Å². The zero-order valence-electron chi connectivity index (χ0n) is 17.9. The summed E-state index contributed by atoms with van der Waals surface area (Å²) < 4.78 is 5.74. The van der Waals surface area contributed by atoms with Gasteiger partial charge in [-0.15, -0.1) is 0 Å². The Hall–Kier alpha value is -2.22. The molecule has 0 aliphatic carbocycles. The molecule has 162 valence electrons. The van der Waals surface area contributed by atoms with E-state index in [1.165, 1.54) is 12.8 Å². The van der Waals surface area contributed by atoms with Gasteiger partial charge in [-0.25, -0.2) is 9.97 Å². The SMILES string of the molecule is Cc1cccc(OC[C@@H](O)CN2CCN(Cc3ccnc(N4CCCC4)n3)CC2)c1. The molecule has 0 radical (unpaired) electrons. The summed E-state index contributed by atoms with van der Waals surface area (Å²) in [5.41, 5.74) is 2.25. The third-order valence-corrected chi connectivity index (χ3v) is 5.84. The van der Waals surface area contributed by atoms with Crippen LogP contribution in [0.5, 0.6) is 5.75 Å². The number of hydrogen-bond acceptors (Lipinski definition) is 7. The van der Waals surface area contributed by atoms with Crippen molar-refractivity contribution in [3.05, 3.63) is 47.8 Å². The highest BCUT2D eigenvalue weighted by atomic mass is 16.5. The maximum Gasteiger partial charge on any atom is 0.225 e. The van der Waals surface area contributed by atoms with Crippen molar-refractivity contribution >= 4 is 5.95 Å². The molecule has 7 heteroatoms. The lowest BCUT2D eigenvalue weighted by Crippen LogP contribution is -2.48. The van der Waals surface area contributed by atoms with E-state index in [2.05, 4.69) is 19.7 Å². The number of nitrogens with zero attached hydrogens (tertiary/aromatic N) is 5. The zero-order chi connectivity index (χ0) is 20.8. The van der Waals surface area contributed by atoms with Gasteiger partial charge in [0.1, 0.15) is 18.5 Å². The van der Waals surface area contributed by atoms with Gasteiger partial charge in [0.25, 0.3) is 0 Å². The molecule has 0 unspecified atom stereocenters. The van der Waals surface area contributed by atoms with Gasteiger partial charge in [0, 0.05) is 58.6 Å². The Morgan fingerprint density at radius 2 is 1.80 bits per heavy atom. The maximum absolute atomic E-state index is 10.4. The molecule has 30 heavy (non-hydrogen) atoms. The van der Waals surface area contributed by atoms with Gasteiger partial charge in [-0.1, -0.05) is 12.1 Å². The molecule has 1 aromatic carbocycles. The summed E-state index contributed by atoms with van der Waals surface area (Å²) in [5.74, 6) is 1.69. The highest BCUT2D eigenvalue weighted by Gasteiger charge is 2.21. The van der Waals surface area contributed by atoms with Crippen LogP contribution in [-0.2, 0) is 6.54 Å². The molecular formula is C23H33N5O2. The number of piperazine rings is 1. The van der Waals surface area contributed by atoms with Crippen LogP contribution in [0.2, 0.25) is 0 Å². The van der Waals surface area contributed by atoms with Crippen molar-refractivity contribution in [1.29, 1.82) is 0 Å². The van der Waals surface area contributed by atoms with Crippen LogP contribution in [0, 0.1) is 6.92 Å². The summed E-state index contributed by atoms with van der Waals surface area (Å²) in [4.78, 5) is 16.3. The fourth-order valence-corrected chi connectivity index (χ4v) is 4.15. The fraction of sp³-hybridized carbons (Fsp3) is 0.565. The van der Waals surface area contributed by atoms with E-state index in [1.54, 1.807) is 0 Å². The summed E-state index contributed by atoms with van der Waals surface area (Å²) >= 11 is 0. The molecule has 0 bridgehead atoms. The predicted octanol–water partition coefficient (Wildman–Crippen LogP) is 1.94. The van der Waals surface area contributed by atoms with Gasteiger partial charge in [0.15, 0.2) is 0 Å². The minimum Gasteiger partial charge on any atom is -0.491 e. The Labute approximate surface area is 179 Å². The molecule has 2 fully saturated rings. The molecule has 3 heterocycles. The van der Waals surface area contributed by atoms with Crippen LogP contribution in [0.25, 0.3) is 0 Å². The van der Waals surface area contributed by atoms with Gasteiger partial charge >= 0.3 is 0 Å². The van der Waals surface area contributed by atoms with Crippen molar-refractivity contribution in [2.45, 2.75) is 32.4 Å². The molecule has 7 nitrogen and oxygen atoms in total. The first-order valence-corrected chi connectivity index (χ1v) is 11.0. The van der Waals surface area contributed by atoms with E-state index in [-0.39, 0.29) is 0 Å². The van der Waals surface area contributed by atoms with Crippen LogP contribution in [0.4, 0.5) is 5.95 Å². The van der Waals surface area contributed by atoms with E-state index in [9.17, 15) is 5.11 Å². The number of benzene rings is 1. The van der Waals surface area contributed by atoms with Crippen LogP contribution >= 0.6 is 0 Å². The Morgan fingerprint density at radius 3 is 2.57 bits per heavy atom. The molecule has 0 saturated carbocycles. The lowest BCUT2D eigenvalue weighted by molar-refractivity contribution is 0.0444. The molecule has 2 saturated heterocycles. The van der Waals surface area contributed by atoms with E-state index in [4.69, 9.17) is 9.72 Å². The Balaban J connectivity index is 1.19. The van der Waals surface area contributed by atoms with E-state index in [0.717, 1.165) is 68.8 Å². The molecule has 1 atom stereocenters. The average molecular weight is 412 g/mol. The molecule has 2 aliphatic heterocycles. The molecule has 1 N–H and O–H groups in total. The average Bonchev–Trinajstić information content (AvgIpc) is 3.29. The Bertz CT molecular complexity index is 804. The first-order chi connectivity index (χ1) is 14.7. The van der Waals surface area contributed by atoms with Crippen molar-refractivity contribution < 1.29 is 9.84 Å². The van der Waals surface area contributed by atoms with Gasteiger partial charge in [0.2, 0.25) is 5.95 Å². The third kappa shape index (κ3) is 5.90. The second-order valence-electron chi connectivity index (χ2n) is 8.40. The quantitative estimate of drug-likeness (QED) is 0.712. The summed E-state index contributed by atoms with van der Waals surface area (Å²) in [6, 6.07) is 9.96. The second kappa shape index (κ2) is 10.2. The van der Waals surface area contributed by atoms with E-state index < -0.39 is 6.10 Å². The summed E-state index contributed by atoms with van der Waals surface area (Å²) in [7, 11) is 0. The Kier molecular flexibility index (Phi) is 7.15. The largest absolute Gasteiger partial charge is 0.491 e. The summed E-state index contributed by atoms with van der Waals surface area (Å²) in [5, 5.41) is 10.4. The molecule has 2 aliphatic rings. The lowest BCUT2D eigenvalue weighted by Gasteiger charge is -2.35. The predicted molar refractivity (Wildman–Crippen MR) is 118 cm³/mol. The fourth-order valence-electron chi connectivity index (χ4n) is 4.15. The molecule has 4 rings (SSSR count). The first-order valence-electron chi connectivity index (χ1n) is 11.0. The third-order valence-electron chi connectivity index (χ3n) is 5.84. The van der Waals surface area contributed by atoms with Crippen LogP contribution in [0.1, 0.15) is 24.1 Å². The summed E-state index contributed by atoms with van der Waals surface area (Å²) in [6.07, 6.45) is 3.87. The van der Waals surface area contributed by atoms with Crippen LogP contribution in [-0.4, -0.2) is 83.4 Å². The normalized spacial score (nSPS) is 19.2. The topological polar surface area (TPSA) is 65.0 Å². The van der Waals surface area contributed by atoms with E-state index in [1.807, 2.05) is 43.5 Å². The molecule has 0 spiro atoms. The minimum absolute atomic E-state index is 0.323.